The van der Waals surface area contributed by atoms with E-state index in [0.717, 1.165) is 17.8 Å². The fourth-order valence-electron chi connectivity index (χ4n) is 2.00. The predicted octanol–water partition coefficient (Wildman–Crippen LogP) is 2.89. The summed E-state index contributed by atoms with van der Waals surface area (Å²) in [5.41, 5.74) is 2.10. The summed E-state index contributed by atoms with van der Waals surface area (Å²) in [6.45, 7) is 5.65. The van der Waals surface area contributed by atoms with Crippen molar-refractivity contribution in [3.05, 3.63) is 53.6 Å². The van der Waals surface area contributed by atoms with E-state index in [1.54, 1.807) is 18.3 Å². The summed E-state index contributed by atoms with van der Waals surface area (Å²) < 4.78 is 15.0. The fourth-order valence-corrected chi connectivity index (χ4v) is 2.00. The van der Waals surface area contributed by atoms with E-state index in [1.807, 2.05) is 16.8 Å². The van der Waals surface area contributed by atoms with Gasteiger partial charge in [-0.2, -0.15) is 5.10 Å². The molecule has 18 heavy (non-hydrogen) atoms. The van der Waals surface area contributed by atoms with Gasteiger partial charge in [-0.15, -0.1) is 0 Å². The molecular formula is C14H18FN3. The number of benzene rings is 1. The number of hydrogen-bond donors (Lipinski definition) is 1. The minimum Gasteiger partial charge on any atom is -0.305 e. The summed E-state index contributed by atoms with van der Waals surface area (Å²) in [7, 11) is 0. The monoisotopic (exact) mass is 247 g/mol. The predicted molar refractivity (Wildman–Crippen MR) is 69.6 cm³/mol. The maximum Gasteiger partial charge on any atom is 0.123 e. The van der Waals surface area contributed by atoms with Gasteiger partial charge in [-0.1, -0.05) is 12.1 Å². The lowest BCUT2D eigenvalue weighted by atomic mass is 10.2. The van der Waals surface area contributed by atoms with Crippen LogP contribution in [0.25, 0.3) is 0 Å². The van der Waals surface area contributed by atoms with Crippen LogP contribution in [0.2, 0.25) is 0 Å². The molecule has 3 nitrogen and oxygen atoms in total. The minimum atomic E-state index is -0.194. The van der Waals surface area contributed by atoms with E-state index in [1.165, 1.54) is 6.07 Å². The molecule has 1 N–H and O–H groups in total. The molecule has 0 spiro atoms. The molecule has 0 radical (unpaired) electrons. The number of hydrogen-bond acceptors (Lipinski definition) is 2. The smallest absolute Gasteiger partial charge is 0.123 e. The second-order valence-corrected chi connectivity index (χ2v) is 4.30. The Bertz CT molecular complexity index is 507. The normalized spacial score (nSPS) is 12.6. The average Bonchev–Trinajstić information content (AvgIpc) is 2.84. The first kappa shape index (κ1) is 12.8. The lowest BCUT2D eigenvalue weighted by Gasteiger charge is -2.15. The lowest BCUT2D eigenvalue weighted by molar-refractivity contribution is 0.508. The van der Waals surface area contributed by atoms with Gasteiger partial charge in [-0.05, 0) is 37.6 Å². The molecule has 0 saturated carbocycles. The summed E-state index contributed by atoms with van der Waals surface area (Å²) in [4.78, 5) is 0. The van der Waals surface area contributed by atoms with Crippen molar-refractivity contribution in [1.82, 2.24) is 15.1 Å². The molecule has 0 bridgehead atoms. The third kappa shape index (κ3) is 2.96. The van der Waals surface area contributed by atoms with Crippen LogP contribution in [0.4, 0.5) is 4.39 Å². The van der Waals surface area contributed by atoms with Gasteiger partial charge < -0.3 is 5.32 Å². The molecule has 1 aromatic carbocycles. The molecule has 1 heterocycles. The molecule has 0 aliphatic heterocycles. The molecule has 0 aliphatic rings. The van der Waals surface area contributed by atoms with E-state index in [2.05, 4.69) is 24.3 Å². The molecule has 4 heteroatoms. The van der Waals surface area contributed by atoms with Gasteiger partial charge in [0.15, 0.2) is 0 Å². The van der Waals surface area contributed by atoms with Crippen LogP contribution in [0.1, 0.15) is 31.1 Å². The van der Waals surface area contributed by atoms with Crippen LogP contribution in [0.15, 0.2) is 36.5 Å². The zero-order valence-electron chi connectivity index (χ0n) is 10.7. The molecule has 0 fully saturated rings. The zero-order valence-corrected chi connectivity index (χ0v) is 10.7. The number of aromatic nitrogens is 2. The molecule has 1 atom stereocenters. The van der Waals surface area contributed by atoms with E-state index in [0.29, 0.717) is 6.54 Å². The Labute approximate surface area is 107 Å². The van der Waals surface area contributed by atoms with Crippen molar-refractivity contribution in [2.45, 2.75) is 33.0 Å². The fraction of sp³-hybridized carbons (Fsp3) is 0.357. The molecule has 96 valence electrons. The van der Waals surface area contributed by atoms with Gasteiger partial charge in [0.1, 0.15) is 5.82 Å². The second kappa shape index (κ2) is 5.78. The molecule has 0 saturated heterocycles. The van der Waals surface area contributed by atoms with Gasteiger partial charge >= 0.3 is 0 Å². The van der Waals surface area contributed by atoms with Crippen LogP contribution in [-0.2, 0) is 13.1 Å². The van der Waals surface area contributed by atoms with E-state index in [9.17, 15) is 4.39 Å². The Morgan fingerprint density at radius 2 is 2.22 bits per heavy atom. The van der Waals surface area contributed by atoms with Crippen molar-refractivity contribution in [3.8, 4) is 0 Å². The van der Waals surface area contributed by atoms with Crippen LogP contribution in [-0.4, -0.2) is 9.78 Å². The van der Waals surface area contributed by atoms with Crippen molar-refractivity contribution in [2.24, 2.45) is 0 Å². The minimum absolute atomic E-state index is 0.190. The summed E-state index contributed by atoms with van der Waals surface area (Å²) in [5, 5.41) is 7.62. The highest BCUT2D eigenvalue weighted by molar-refractivity contribution is 5.16. The molecule has 2 aromatic rings. The molecule has 2 rings (SSSR count). The maximum atomic E-state index is 13.0. The number of halogens is 1. The van der Waals surface area contributed by atoms with Gasteiger partial charge in [0.25, 0.3) is 0 Å². The van der Waals surface area contributed by atoms with Crippen molar-refractivity contribution in [2.75, 3.05) is 0 Å². The molecule has 0 amide bonds. The highest BCUT2D eigenvalue weighted by Gasteiger charge is 2.09. The molecular weight excluding hydrogens is 229 g/mol. The zero-order chi connectivity index (χ0) is 13.0. The third-order valence-corrected chi connectivity index (χ3v) is 2.99. The Balaban J connectivity index is 1.98. The summed E-state index contributed by atoms with van der Waals surface area (Å²) in [5.74, 6) is -0.194. The largest absolute Gasteiger partial charge is 0.305 e. The molecule has 1 aromatic heterocycles. The Kier molecular flexibility index (Phi) is 4.10. The molecule has 0 aliphatic carbocycles. The first-order valence-electron chi connectivity index (χ1n) is 6.20. The number of nitrogens with zero attached hydrogens (tertiary/aromatic N) is 2. The van der Waals surface area contributed by atoms with Crippen molar-refractivity contribution >= 4 is 0 Å². The van der Waals surface area contributed by atoms with E-state index in [-0.39, 0.29) is 11.9 Å². The van der Waals surface area contributed by atoms with Crippen LogP contribution < -0.4 is 5.32 Å². The highest BCUT2D eigenvalue weighted by Crippen LogP contribution is 2.13. The van der Waals surface area contributed by atoms with Crippen LogP contribution >= 0.6 is 0 Å². The number of rotatable bonds is 5. The lowest BCUT2D eigenvalue weighted by Crippen LogP contribution is -2.21. The van der Waals surface area contributed by atoms with Gasteiger partial charge in [0.2, 0.25) is 0 Å². The second-order valence-electron chi connectivity index (χ2n) is 4.30. The topological polar surface area (TPSA) is 29.9 Å². The first-order chi connectivity index (χ1) is 8.70. The van der Waals surface area contributed by atoms with E-state index >= 15 is 0 Å². The average molecular weight is 247 g/mol. The van der Waals surface area contributed by atoms with Crippen molar-refractivity contribution < 1.29 is 4.39 Å². The van der Waals surface area contributed by atoms with Crippen molar-refractivity contribution in [1.29, 1.82) is 0 Å². The van der Waals surface area contributed by atoms with Gasteiger partial charge in [0.05, 0.1) is 5.69 Å². The SMILES string of the molecule is CCn1nccc1C(C)NCc1cccc(F)c1. The van der Waals surface area contributed by atoms with Crippen LogP contribution in [0, 0.1) is 5.82 Å². The summed E-state index contributed by atoms with van der Waals surface area (Å²) >= 11 is 0. The quantitative estimate of drug-likeness (QED) is 0.880. The maximum absolute atomic E-state index is 13.0. The summed E-state index contributed by atoms with van der Waals surface area (Å²) in [6, 6.07) is 8.85. The number of nitrogens with one attached hydrogen (secondary N) is 1. The van der Waals surface area contributed by atoms with Gasteiger partial charge in [0, 0.05) is 25.3 Å². The standard InChI is InChI=1S/C14H18FN3/c1-3-18-14(7-8-17-18)11(2)16-10-12-5-4-6-13(15)9-12/h4-9,11,16H,3,10H2,1-2H3. The number of aryl methyl sites for hydroxylation is 1. The Morgan fingerprint density at radius 3 is 2.94 bits per heavy atom. The van der Waals surface area contributed by atoms with Crippen LogP contribution in [0.5, 0.6) is 0 Å². The Hall–Kier alpha value is -1.68. The van der Waals surface area contributed by atoms with Crippen LogP contribution in [0.3, 0.4) is 0 Å². The summed E-state index contributed by atoms with van der Waals surface area (Å²) in [6.07, 6.45) is 1.80. The van der Waals surface area contributed by atoms with E-state index in [4.69, 9.17) is 0 Å². The van der Waals surface area contributed by atoms with Crippen molar-refractivity contribution in [3.63, 3.8) is 0 Å². The first-order valence-corrected chi connectivity index (χ1v) is 6.20. The third-order valence-electron chi connectivity index (χ3n) is 2.99. The van der Waals surface area contributed by atoms with E-state index < -0.39 is 0 Å². The Morgan fingerprint density at radius 1 is 1.39 bits per heavy atom. The highest BCUT2D eigenvalue weighted by atomic mass is 19.1. The van der Waals surface area contributed by atoms with Gasteiger partial charge in [-0.3, -0.25) is 4.68 Å². The molecule has 1 unspecified atom stereocenters. The van der Waals surface area contributed by atoms with Gasteiger partial charge in [-0.25, -0.2) is 4.39 Å².